The van der Waals surface area contributed by atoms with E-state index in [2.05, 4.69) is 10.2 Å². The van der Waals surface area contributed by atoms with Gasteiger partial charge in [0.05, 0.1) is 5.69 Å². The van der Waals surface area contributed by atoms with E-state index in [0.29, 0.717) is 5.54 Å². The molecule has 3 heterocycles. The average Bonchev–Trinajstić information content (AvgIpc) is 3.28. The fourth-order valence-electron chi connectivity index (χ4n) is 3.65. The Morgan fingerprint density at radius 2 is 2.14 bits per heavy atom. The number of hydrogen-bond donors (Lipinski definition) is 1. The van der Waals surface area contributed by atoms with Gasteiger partial charge in [0, 0.05) is 36.9 Å². The molecular weight excluding hydrogens is 276 g/mol. The maximum absolute atomic E-state index is 12.4. The summed E-state index contributed by atoms with van der Waals surface area (Å²) >= 11 is 0. The van der Waals surface area contributed by atoms with Crippen LogP contribution in [0.25, 0.3) is 5.65 Å². The van der Waals surface area contributed by atoms with Crippen LogP contribution in [0.2, 0.25) is 0 Å². The Hall–Kier alpha value is -1.72. The molecule has 1 N–H and O–H groups in total. The van der Waals surface area contributed by atoms with Gasteiger partial charge in [-0.3, -0.25) is 14.1 Å². The number of nitrogens with zero attached hydrogens (tertiary/aromatic N) is 3. The molecule has 0 bridgehead atoms. The summed E-state index contributed by atoms with van der Waals surface area (Å²) in [4.78, 5) is 19.6. The molecule has 0 unspecified atom stereocenters. The highest BCUT2D eigenvalue weighted by atomic mass is 16.1. The van der Waals surface area contributed by atoms with E-state index in [1.165, 1.54) is 19.3 Å². The van der Waals surface area contributed by atoms with Crippen molar-refractivity contribution in [2.24, 2.45) is 0 Å². The molecule has 22 heavy (non-hydrogen) atoms. The molecule has 2 aromatic rings. The first kappa shape index (κ1) is 13.9. The smallest absolute Gasteiger partial charge is 0.258 e. The van der Waals surface area contributed by atoms with Crippen LogP contribution < -0.4 is 10.9 Å². The van der Waals surface area contributed by atoms with Crippen LogP contribution in [0, 0.1) is 6.92 Å². The fourth-order valence-corrected chi connectivity index (χ4v) is 3.65. The van der Waals surface area contributed by atoms with Crippen molar-refractivity contribution in [1.29, 1.82) is 0 Å². The van der Waals surface area contributed by atoms with Crippen molar-refractivity contribution in [2.75, 3.05) is 19.6 Å². The van der Waals surface area contributed by atoms with Crippen LogP contribution in [0.1, 0.15) is 30.7 Å². The lowest BCUT2D eigenvalue weighted by Crippen LogP contribution is -2.38. The number of rotatable bonds is 2. The zero-order chi connectivity index (χ0) is 15.2. The van der Waals surface area contributed by atoms with Crippen molar-refractivity contribution in [3.8, 4) is 0 Å². The normalized spacial score (nSPS) is 21.1. The highest BCUT2D eigenvalue weighted by Crippen LogP contribution is 2.45. The van der Waals surface area contributed by atoms with Gasteiger partial charge in [-0.05, 0) is 44.9 Å². The minimum Gasteiger partial charge on any atom is -0.315 e. The number of aryl methyl sites for hydroxylation is 1. The van der Waals surface area contributed by atoms with Crippen molar-refractivity contribution < 1.29 is 0 Å². The molecule has 0 aromatic carbocycles. The zero-order valence-electron chi connectivity index (χ0n) is 13.0. The predicted molar refractivity (Wildman–Crippen MR) is 86.1 cm³/mol. The maximum atomic E-state index is 12.4. The Morgan fingerprint density at radius 3 is 2.95 bits per heavy atom. The minimum absolute atomic E-state index is 0.0240. The van der Waals surface area contributed by atoms with Gasteiger partial charge in [-0.15, -0.1) is 0 Å². The second-order valence-electron chi connectivity index (χ2n) is 6.59. The summed E-state index contributed by atoms with van der Waals surface area (Å²) in [5, 5.41) is 3.48. The van der Waals surface area contributed by atoms with Crippen LogP contribution >= 0.6 is 0 Å². The van der Waals surface area contributed by atoms with Crippen LogP contribution in [-0.2, 0) is 6.54 Å². The number of pyridine rings is 1. The standard InChI is InChI=1S/C17H22N4O/c1-13-3-2-4-15-19-14(11-16(22)21(13)15)12-20-10-9-18-8-7-17(20)5-6-17/h2-4,11,18H,5-10,12H2,1H3. The molecule has 4 rings (SSSR count). The molecular formula is C17H22N4O. The van der Waals surface area contributed by atoms with Gasteiger partial charge in [-0.2, -0.15) is 0 Å². The zero-order valence-corrected chi connectivity index (χ0v) is 13.0. The lowest BCUT2D eigenvalue weighted by Gasteiger charge is -2.29. The van der Waals surface area contributed by atoms with Gasteiger partial charge < -0.3 is 5.32 Å². The first-order valence-electron chi connectivity index (χ1n) is 8.12. The molecule has 2 fully saturated rings. The molecule has 2 aliphatic rings. The van der Waals surface area contributed by atoms with E-state index in [9.17, 15) is 4.79 Å². The highest BCUT2D eigenvalue weighted by molar-refractivity contribution is 5.40. The average molecular weight is 298 g/mol. The summed E-state index contributed by atoms with van der Waals surface area (Å²) in [6.07, 6.45) is 3.76. The summed E-state index contributed by atoms with van der Waals surface area (Å²) in [5.41, 5.74) is 2.96. The van der Waals surface area contributed by atoms with Crippen molar-refractivity contribution in [3.63, 3.8) is 0 Å². The van der Waals surface area contributed by atoms with Crippen LogP contribution in [0.5, 0.6) is 0 Å². The maximum Gasteiger partial charge on any atom is 0.258 e. The summed E-state index contributed by atoms with van der Waals surface area (Å²) in [7, 11) is 0. The van der Waals surface area contributed by atoms with Gasteiger partial charge in [-0.1, -0.05) is 6.07 Å². The number of nitrogens with one attached hydrogen (secondary N) is 1. The third-order valence-corrected chi connectivity index (χ3v) is 5.11. The predicted octanol–water partition coefficient (Wildman–Crippen LogP) is 1.33. The van der Waals surface area contributed by atoms with Gasteiger partial charge >= 0.3 is 0 Å². The fraction of sp³-hybridized carbons (Fsp3) is 0.529. The highest BCUT2D eigenvalue weighted by Gasteiger charge is 2.47. The molecule has 1 spiro atoms. The Balaban J connectivity index is 1.68. The Kier molecular flexibility index (Phi) is 3.27. The van der Waals surface area contributed by atoms with E-state index in [1.54, 1.807) is 10.5 Å². The summed E-state index contributed by atoms with van der Waals surface area (Å²) in [6.45, 7) is 5.88. The van der Waals surface area contributed by atoms with E-state index < -0.39 is 0 Å². The largest absolute Gasteiger partial charge is 0.315 e. The molecule has 1 saturated carbocycles. The quantitative estimate of drug-likeness (QED) is 0.909. The van der Waals surface area contributed by atoms with Gasteiger partial charge in [0.15, 0.2) is 0 Å². The molecule has 2 aromatic heterocycles. The van der Waals surface area contributed by atoms with Crippen LogP contribution in [0.3, 0.4) is 0 Å². The van der Waals surface area contributed by atoms with Gasteiger partial charge in [0.25, 0.3) is 5.56 Å². The van der Waals surface area contributed by atoms with E-state index in [0.717, 1.165) is 43.2 Å². The number of fused-ring (bicyclic) bond motifs is 1. The Morgan fingerprint density at radius 1 is 1.27 bits per heavy atom. The topological polar surface area (TPSA) is 49.6 Å². The second-order valence-corrected chi connectivity index (χ2v) is 6.59. The third kappa shape index (κ3) is 2.34. The third-order valence-electron chi connectivity index (χ3n) is 5.11. The first-order chi connectivity index (χ1) is 10.7. The number of hydrogen-bond acceptors (Lipinski definition) is 4. The molecule has 5 heteroatoms. The summed E-state index contributed by atoms with van der Waals surface area (Å²) < 4.78 is 1.68. The second kappa shape index (κ2) is 5.18. The van der Waals surface area contributed by atoms with Crippen molar-refractivity contribution in [1.82, 2.24) is 19.6 Å². The van der Waals surface area contributed by atoms with Gasteiger partial charge in [-0.25, -0.2) is 4.98 Å². The van der Waals surface area contributed by atoms with Crippen molar-refractivity contribution >= 4 is 5.65 Å². The monoisotopic (exact) mass is 298 g/mol. The summed E-state index contributed by atoms with van der Waals surface area (Å²) in [6, 6.07) is 7.51. The molecule has 0 amide bonds. The van der Waals surface area contributed by atoms with E-state index >= 15 is 0 Å². The molecule has 0 radical (unpaired) electrons. The number of aromatic nitrogens is 2. The Labute approximate surface area is 130 Å². The summed E-state index contributed by atoms with van der Waals surface area (Å²) in [5.74, 6) is 0. The first-order valence-corrected chi connectivity index (χ1v) is 8.12. The van der Waals surface area contributed by atoms with Crippen molar-refractivity contribution in [2.45, 2.75) is 38.3 Å². The minimum atomic E-state index is 0.0240. The van der Waals surface area contributed by atoms with E-state index in [1.807, 2.05) is 25.1 Å². The Bertz CT molecular complexity index is 763. The molecule has 0 atom stereocenters. The molecule has 116 valence electrons. The van der Waals surface area contributed by atoms with Gasteiger partial charge in [0.2, 0.25) is 0 Å². The van der Waals surface area contributed by atoms with Gasteiger partial charge in [0.1, 0.15) is 5.65 Å². The van der Waals surface area contributed by atoms with E-state index in [-0.39, 0.29) is 5.56 Å². The van der Waals surface area contributed by atoms with Crippen LogP contribution in [-0.4, -0.2) is 39.5 Å². The molecule has 1 saturated heterocycles. The SMILES string of the molecule is Cc1cccc2nc(CN3CCNCCC34CC4)cc(=O)n12. The molecule has 1 aliphatic carbocycles. The van der Waals surface area contributed by atoms with Crippen molar-refractivity contribution in [3.05, 3.63) is 46.0 Å². The van der Waals surface area contributed by atoms with E-state index in [4.69, 9.17) is 4.98 Å². The van der Waals surface area contributed by atoms with Crippen LogP contribution in [0.15, 0.2) is 29.1 Å². The molecule has 5 nitrogen and oxygen atoms in total. The lowest BCUT2D eigenvalue weighted by atomic mass is 10.1. The lowest BCUT2D eigenvalue weighted by molar-refractivity contribution is 0.175. The van der Waals surface area contributed by atoms with Crippen LogP contribution in [0.4, 0.5) is 0 Å². The molecule has 1 aliphatic heterocycles.